The lowest BCUT2D eigenvalue weighted by atomic mass is 10.2. The predicted molar refractivity (Wildman–Crippen MR) is 134 cm³/mol. The molecule has 0 saturated carbocycles. The van der Waals surface area contributed by atoms with Crippen molar-refractivity contribution in [2.75, 3.05) is 48.4 Å². The lowest BCUT2D eigenvalue weighted by Crippen LogP contribution is -2.37. The zero-order valence-corrected chi connectivity index (χ0v) is 20.3. The molecule has 1 aliphatic rings. The minimum atomic E-state index is -3.98. The molecule has 10 heteroatoms. The molecule has 1 aromatic heterocycles. The maximum Gasteiger partial charge on any atom is 0.264 e. The second-order valence-electron chi connectivity index (χ2n) is 7.89. The van der Waals surface area contributed by atoms with Gasteiger partial charge in [0.15, 0.2) is 0 Å². The third-order valence-electron chi connectivity index (χ3n) is 5.37. The second kappa shape index (κ2) is 10.7. The Morgan fingerprint density at radius 1 is 1.03 bits per heavy atom. The molecule has 2 N–H and O–H groups in total. The first kappa shape index (κ1) is 24.4. The largest absolute Gasteiger partial charge is 0.497 e. The molecule has 0 spiro atoms. The van der Waals surface area contributed by atoms with Crippen LogP contribution in [0.2, 0.25) is 0 Å². The first-order valence-corrected chi connectivity index (χ1v) is 12.5. The van der Waals surface area contributed by atoms with E-state index in [0.717, 1.165) is 5.76 Å². The van der Waals surface area contributed by atoms with Crippen molar-refractivity contribution in [2.24, 2.45) is 0 Å². The van der Waals surface area contributed by atoms with Gasteiger partial charge in [-0.05, 0) is 67.6 Å². The number of hydrogen-bond donors (Lipinski definition) is 2. The number of nitrogens with one attached hydrogen (secondary N) is 2. The number of benzene rings is 2. The highest BCUT2D eigenvalue weighted by molar-refractivity contribution is 7.92. The van der Waals surface area contributed by atoms with Crippen molar-refractivity contribution in [3.63, 3.8) is 0 Å². The molecule has 2 aromatic carbocycles. The van der Waals surface area contributed by atoms with Gasteiger partial charge in [-0.25, -0.2) is 8.42 Å². The number of rotatable bonds is 8. The highest BCUT2D eigenvalue weighted by Gasteiger charge is 2.24. The number of methoxy groups -OCH3 is 1. The summed E-state index contributed by atoms with van der Waals surface area (Å²) in [6.07, 6.45) is 2.88. The summed E-state index contributed by atoms with van der Waals surface area (Å²) < 4.78 is 45.5. The fourth-order valence-corrected chi connectivity index (χ4v) is 4.94. The molecule has 3 aromatic rings. The zero-order valence-electron chi connectivity index (χ0n) is 19.5. The molecule has 4 rings (SSSR count). The summed E-state index contributed by atoms with van der Waals surface area (Å²) in [4.78, 5) is 14.5. The van der Waals surface area contributed by atoms with Gasteiger partial charge in [0.1, 0.15) is 22.2 Å². The maximum absolute atomic E-state index is 13.4. The Bertz CT molecular complexity index is 1310. The van der Waals surface area contributed by atoms with E-state index in [9.17, 15) is 13.2 Å². The van der Waals surface area contributed by atoms with Gasteiger partial charge in [0.05, 0.1) is 26.0 Å². The third-order valence-corrected chi connectivity index (χ3v) is 6.78. The van der Waals surface area contributed by atoms with Crippen molar-refractivity contribution >= 4 is 39.1 Å². The molecule has 0 bridgehead atoms. The predicted octanol–water partition coefficient (Wildman–Crippen LogP) is 3.89. The second-order valence-corrected chi connectivity index (χ2v) is 9.54. The van der Waals surface area contributed by atoms with Gasteiger partial charge in [0, 0.05) is 30.5 Å². The van der Waals surface area contributed by atoms with Gasteiger partial charge in [0.2, 0.25) is 5.91 Å². The first-order valence-electron chi connectivity index (χ1n) is 11.0. The van der Waals surface area contributed by atoms with Crippen LogP contribution in [0.4, 0.5) is 17.1 Å². The minimum Gasteiger partial charge on any atom is -0.497 e. The number of nitrogens with zero attached hydrogens (tertiary/aromatic N) is 1. The van der Waals surface area contributed by atoms with Crippen LogP contribution in [-0.4, -0.2) is 47.7 Å². The highest BCUT2D eigenvalue weighted by atomic mass is 32.2. The van der Waals surface area contributed by atoms with E-state index in [4.69, 9.17) is 13.9 Å². The van der Waals surface area contributed by atoms with Crippen molar-refractivity contribution in [1.29, 1.82) is 0 Å². The monoisotopic (exact) mass is 497 g/mol. The van der Waals surface area contributed by atoms with E-state index in [0.29, 0.717) is 54.9 Å². The number of morpholine rings is 1. The molecule has 9 nitrogen and oxygen atoms in total. The molecule has 1 amide bonds. The molecule has 2 heterocycles. The third kappa shape index (κ3) is 6.23. The number of anilines is 3. The highest BCUT2D eigenvalue weighted by Crippen LogP contribution is 2.31. The molecule has 1 saturated heterocycles. The number of sulfonamides is 1. The Balaban J connectivity index is 1.60. The van der Waals surface area contributed by atoms with Gasteiger partial charge in [-0.1, -0.05) is 0 Å². The summed E-state index contributed by atoms with van der Waals surface area (Å²) in [5.74, 6) is 1.49. The fraction of sp³-hybridized carbons (Fsp3) is 0.240. The van der Waals surface area contributed by atoms with E-state index < -0.39 is 15.9 Å². The van der Waals surface area contributed by atoms with Gasteiger partial charge >= 0.3 is 0 Å². The number of carbonyl (C=O) groups is 1. The Hall–Kier alpha value is -3.76. The Labute approximate surface area is 204 Å². The maximum atomic E-state index is 13.4. The van der Waals surface area contributed by atoms with Crippen LogP contribution in [0, 0.1) is 6.92 Å². The van der Waals surface area contributed by atoms with Gasteiger partial charge in [-0.15, -0.1) is 0 Å². The Kier molecular flexibility index (Phi) is 7.42. The van der Waals surface area contributed by atoms with E-state index in [2.05, 4.69) is 10.0 Å². The molecular weight excluding hydrogens is 470 g/mol. The number of aryl methyl sites for hydroxylation is 1. The summed E-state index contributed by atoms with van der Waals surface area (Å²) in [6, 6.07) is 15.0. The zero-order chi connectivity index (χ0) is 24.8. The summed E-state index contributed by atoms with van der Waals surface area (Å²) in [6.45, 7) is 3.93. The topological polar surface area (TPSA) is 110 Å². The van der Waals surface area contributed by atoms with E-state index in [-0.39, 0.29) is 4.90 Å². The van der Waals surface area contributed by atoms with Crippen LogP contribution < -0.4 is 19.7 Å². The fourth-order valence-electron chi connectivity index (χ4n) is 3.63. The van der Waals surface area contributed by atoms with E-state index >= 15 is 0 Å². The van der Waals surface area contributed by atoms with Crippen molar-refractivity contribution in [1.82, 2.24) is 0 Å². The normalized spacial score (nSPS) is 14.2. The van der Waals surface area contributed by atoms with E-state index in [1.807, 2.05) is 11.8 Å². The SMILES string of the molecule is COc1ccc(NS(=O)(=O)c2cc(NC(=O)/C=C/c3ccc(C)o3)ccc2N2CCOCC2)cc1. The number of hydrogen-bond acceptors (Lipinski definition) is 7. The number of amides is 1. The van der Waals surface area contributed by atoms with Crippen LogP contribution in [-0.2, 0) is 19.6 Å². The number of furan rings is 1. The summed E-state index contributed by atoms with van der Waals surface area (Å²) in [5.41, 5.74) is 1.28. The molecule has 0 aliphatic carbocycles. The van der Waals surface area contributed by atoms with Crippen molar-refractivity contribution in [3.8, 4) is 5.75 Å². The van der Waals surface area contributed by atoms with Crippen LogP contribution in [0.1, 0.15) is 11.5 Å². The molecule has 1 fully saturated rings. The molecule has 1 aliphatic heterocycles. The number of ether oxygens (including phenoxy) is 2. The lowest BCUT2D eigenvalue weighted by Gasteiger charge is -2.30. The Morgan fingerprint density at radius 2 is 1.74 bits per heavy atom. The van der Waals surface area contributed by atoms with Gasteiger partial charge < -0.3 is 24.1 Å². The van der Waals surface area contributed by atoms with Crippen LogP contribution >= 0.6 is 0 Å². The smallest absolute Gasteiger partial charge is 0.264 e. The molecular formula is C25H27N3O6S. The molecule has 0 atom stereocenters. The average Bonchev–Trinajstić information content (AvgIpc) is 3.28. The Morgan fingerprint density at radius 3 is 2.40 bits per heavy atom. The number of carbonyl (C=O) groups excluding carboxylic acids is 1. The van der Waals surface area contributed by atoms with Gasteiger partial charge in [-0.2, -0.15) is 0 Å². The summed E-state index contributed by atoms with van der Waals surface area (Å²) in [7, 11) is -2.44. The van der Waals surface area contributed by atoms with E-state index in [1.54, 1.807) is 61.7 Å². The van der Waals surface area contributed by atoms with Crippen LogP contribution in [0.15, 0.2) is 70.0 Å². The van der Waals surface area contributed by atoms with Crippen LogP contribution in [0.3, 0.4) is 0 Å². The first-order chi connectivity index (χ1) is 16.8. The average molecular weight is 498 g/mol. The summed E-state index contributed by atoms with van der Waals surface area (Å²) >= 11 is 0. The molecule has 0 unspecified atom stereocenters. The van der Waals surface area contributed by atoms with Crippen molar-refractivity contribution < 1.29 is 27.1 Å². The molecule has 35 heavy (non-hydrogen) atoms. The van der Waals surface area contributed by atoms with Crippen molar-refractivity contribution in [3.05, 3.63) is 72.2 Å². The van der Waals surface area contributed by atoms with Crippen LogP contribution in [0.5, 0.6) is 5.75 Å². The minimum absolute atomic E-state index is 0.0543. The summed E-state index contributed by atoms with van der Waals surface area (Å²) in [5, 5.41) is 2.72. The molecule has 0 radical (unpaired) electrons. The quantitative estimate of drug-likeness (QED) is 0.455. The van der Waals surface area contributed by atoms with Gasteiger partial charge in [0.25, 0.3) is 10.0 Å². The van der Waals surface area contributed by atoms with E-state index in [1.165, 1.54) is 12.1 Å². The van der Waals surface area contributed by atoms with Crippen LogP contribution in [0.25, 0.3) is 6.08 Å². The van der Waals surface area contributed by atoms with Gasteiger partial charge in [-0.3, -0.25) is 9.52 Å². The van der Waals surface area contributed by atoms with Crippen molar-refractivity contribution in [2.45, 2.75) is 11.8 Å². The molecule has 184 valence electrons. The standard InChI is InChI=1S/C25H27N3O6S/c1-18-3-7-22(34-18)10-12-25(29)26-20-6-11-23(28-13-15-33-16-14-28)24(17-20)35(30,31)27-19-4-8-21(32-2)9-5-19/h3-12,17,27H,13-16H2,1-2H3,(H,26,29)/b12-10+. The lowest BCUT2D eigenvalue weighted by molar-refractivity contribution is -0.111.